The highest BCUT2D eigenvalue weighted by Crippen LogP contribution is 2.32. The van der Waals surface area contributed by atoms with Crippen LogP contribution >= 0.6 is 23.2 Å². The average molecular weight is 294 g/mol. The lowest BCUT2D eigenvalue weighted by Gasteiger charge is -2.21. The van der Waals surface area contributed by atoms with Gasteiger partial charge in [0.2, 0.25) is 0 Å². The molecule has 0 amide bonds. The molecule has 0 aliphatic heterocycles. The van der Waals surface area contributed by atoms with Gasteiger partial charge in [-0.3, -0.25) is 0 Å². The minimum absolute atomic E-state index is 0.0292. The Balaban J connectivity index is 2.79. The Bertz CT molecular complexity index is 412. The number of nitrogens with one attached hydrogen (secondary N) is 1. The maximum atomic E-state index is 13.4. The number of hydrogen-bond acceptors (Lipinski definition) is 2. The van der Waals surface area contributed by atoms with Crippen LogP contribution in [-0.2, 0) is 0 Å². The number of aliphatic hydroxyl groups is 1. The zero-order chi connectivity index (χ0) is 13.9. The molecule has 0 spiro atoms. The summed E-state index contributed by atoms with van der Waals surface area (Å²) >= 11 is 11.9. The van der Waals surface area contributed by atoms with Crippen molar-refractivity contribution in [2.45, 2.75) is 32.9 Å². The molecule has 18 heavy (non-hydrogen) atoms. The van der Waals surface area contributed by atoms with Crippen molar-refractivity contribution in [1.82, 2.24) is 5.32 Å². The molecular weight excluding hydrogens is 276 g/mol. The summed E-state index contributed by atoms with van der Waals surface area (Å²) in [5.74, 6) is -0.336. The predicted octanol–water partition coefficient (Wildman–Crippen LogP) is 3.80. The number of hydrogen-bond donors (Lipinski definition) is 2. The van der Waals surface area contributed by atoms with Crippen LogP contribution in [0.2, 0.25) is 10.0 Å². The Morgan fingerprint density at radius 2 is 1.89 bits per heavy atom. The molecule has 0 bridgehead atoms. The monoisotopic (exact) mass is 293 g/mol. The molecule has 1 aromatic carbocycles. The van der Waals surface area contributed by atoms with Gasteiger partial charge in [-0.1, -0.05) is 37.0 Å². The van der Waals surface area contributed by atoms with Crippen LogP contribution in [0.25, 0.3) is 0 Å². The average Bonchev–Trinajstić information content (AvgIpc) is 2.31. The molecular formula is C13H18Cl2FNO. The summed E-state index contributed by atoms with van der Waals surface area (Å²) in [7, 11) is 0. The standard InChI is InChI=1S/C13H18Cl2FNO/c1-7(2)11(18)6-17-8(3)12-9(14)4-5-10(16)13(12)15/h4-5,7-8,11,17-18H,6H2,1-3H3. The van der Waals surface area contributed by atoms with E-state index in [1.807, 2.05) is 20.8 Å². The molecule has 0 saturated carbocycles. The van der Waals surface area contributed by atoms with E-state index >= 15 is 0 Å². The van der Waals surface area contributed by atoms with E-state index < -0.39 is 11.9 Å². The highest BCUT2D eigenvalue weighted by atomic mass is 35.5. The molecule has 5 heteroatoms. The van der Waals surface area contributed by atoms with Gasteiger partial charge in [-0.25, -0.2) is 4.39 Å². The molecule has 2 N–H and O–H groups in total. The van der Waals surface area contributed by atoms with Gasteiger partial charge in [-0.2, -0.15) is 0 Å². The van der Waals surface area contributed by atoms with Crippen molar-refractivity contribution in [3.63, 3.8) is 0 Å². The molecule has 0 aliphatic carbocycles. The molecule has 0 heterocycles. The van der Waals surface area contributed by atoms with E-state index in [0.717, 1.165) is 0 Å². The largest absolute Gasteiger partial charge is 0.392 e. The Kier molecular flexibility index (Phi) is 5.86. The molecule has 2 unspecified atom stereocenters. The van der Waals surface area contributed by atoms with Gasteiger partial charge in [0.1, 0.15) is 5.82 Å². The van der Waals surface area contributed by atoms with E-state index in [1.165, 1.54) is 12.1 Å². The van der Waals surface area contributed by atoms with E-state index in [0.29, 0.717) is 17.1 Å². The normalized spacial score (nSPS) is 14.9. The Labute approximate surface area is 117 Å². The minimum atomic E-state index is -0.492. The maximum Gasteiger partial charge on any atom is 0.142 e. The zero-order valence-electron chi connectivity index (χ0n) is 10.7. The SMILES string of the molecule is CC(NCC(O)C(C)C)c1c(Cl)ccc(F)c1Cl. The molecule has 102 valence electrons. The van der Waals surface area contributed by atoms with Crippen molar-refractivity contribution in [2.24, 2.45) is 5.92 Å². The Morgan fingerprint density at radius 1 is 1.28 bits per heavy atom. The molecule has 0 aromatic heterocycles. The van der Waals surface area contributed by atoms with Crippen molar-refractivity contribution >= 4 is 23.2 Å². The zero-order valence-corrected chi connectivity index (χ0v) is 12.2. The molecule has 0 saturated heterocycles. The van der Waals surface area contributed by atoms with Gasteiger partial charge in [0.05, 0.1) is 11.1 Å². The van der Waals surface area contributed by atoms with Crippen molar-refractivity contribution in [3.05, 3.63) is 33.6 Å². The van der Waals surface area contributed by atoms with Gasteiger partial charge in [0.25, 0.3) is 0 Å². The second kappa shape index (κ2) is 6.71. The summed E-state index contributed by atoms with van der Waals surface area (Å²) in [4.78, 5) is 0. The van der Waals surface area contributed by atoms with Crippen LogP contribution in [0.15, 0.2) is 12.1 Å². The first-order chi connectivity index (χ1) is 8.34. The lowest BCUT2D eigenvalue weighted by Crippen LogP contribution is -2.32. The predicted molar refractivity (Wildman–Crippen MR) is 73.7 cm³/mol. The molecule has 2 atom stereocenters. The fourth-order valence-electron chi connectivity index (χ4n) is 1.57. The second-order valence-corrected chi connectivity index (χ2v) is 5.48. The van der Waals surface area contributed by atoms with Crippen LogP contribution in [0.5, 0.6) is 0 Å². The Hall–Kier alpha value is -0.350. The van der Waals surface area contributed by atoms with Crippen LogP contribution in [-0.4, -0.2) is 17.8 Å². The third-order valence-electron chi connectivity index (χ3n) is 2.92. The van der Waals surface area contributed by atoms with E-state index in [1.54, 1.807) is 0 Å². The van der Waals surface area contributed by atoms with Crippen LogP contribution < -0.4 is 5.32 Å². The maximum absolute atomic E-state index is 13.4. The fraction of sp³-hybridized carbons (Fsp3) is 0.538. The fourth-order valence-corrected chi connectivity index (χ4v) is 2.27. The summed E-state index contributed by atoms with van der Waals surface area (Å²) in [6, 6.07) is 2.49. The Morgan fingerprint density at radius 3 is 2.44 bits per heavy atom. The molecule has 0 aliphatic rings. The van der Waals surface area contributed by atoms with E-state index in [-0.39, 0.29) is 17.0 Å². The van der Waals surface area contributed by atoms with E-state index in [9.17, 15) is 9.50 Å². The molecule has 1 aromatic rings. The lowest BCUT2D eigenvalue weighted by atomic mass is 10.1. The summed E-state index contributed by atoms with van der Waals surface area (Å²) in [6.45, 7) is 6.10. The van der Waals surface area contributed by atoms with E-state index in [2.05, 4.69) is 5.32 Å². The number of aliphatic hydroxyl groups excluding tert-OH is 1. The van der Waals surface area contributed by atoms with Crippen LogP contribution in [0.1, 0.15) is 32.4 Å². The number of halogens is 3. The summed E-state index contributed by atoms with van der Waals surface area (Å²) < 4.78 is 13.4. The van der Waals surface area contributed by atoms with Crippen LogP contribution in [0, 0.1) is 11.7 Å². The quantitative estimate of drug-likeness (QED) is 0.810. The van der Waals surface area contributed by atoms with E-state index in [4.69, 9.17) is 23.2 Å². The van der Waals surface area contributed by atoms with Gasteiger partial charge < -0.3 is 10.4 Å². The van der Waals surface area contributed by atoms with Crippen molar-refractivity contribution < 1.29 is 9.50 Å². The smallest absolute Gasteiger partial charge is 0.142 e. The van der Waals surface area contributed by atoms with Crippen molar-refractivity contribution in [2.75, 3.05) is 6.54 Å². The summed E-state index contributed by atoms with van der Waals surface area (Å²) in [5.41, 5.74) is 0.522. The third-order valence-corrected chi connectivity index (χ3v) is 3.63. The molecule has 0 fully saturated rings. The van der Waals surface area contributed by atoms with Gasteiger partial charge in [0, 0.05) is 23.2 Å². The minimum Gasteiger partial charge on any atom is -0.392 e. The van der Waals surface area contributed by atoms with Gasteiger partial charge in [-0.15, -0.1) is 0 Å². The highest BCUT2D eigenvalue weighted by Gasteiger charge is 2.18. The second-order valence-electron chi connectivity index (χ2n) is 4.70. The van der Waals surface area contributed by atoms with Crippen molar-refractivity contribution in [1.29, 1.82) is 0 Å². The van der Waals surface area contributed by atoms with Crippen LogP contribution in [0.4, 0.5) is 4.39 Å². The van der Waals surface area contributed by atoms with Gasteiger partial charge >= 0.3 is 0 Å². The number of benzene rings is 1. The number of rotatable bonds is 5. The molecule has 1 rings (SSSR count). The summed E-state index contributed by atoms with van der Waals surface area (Å²) in [6.07, 6.45) is -0.460. The molecule has 2 nitrogen and oxygen atoms in total. The first-order valence-electron chi connectivity index (χ1n) is 5.89. The first kappa shape index (κ1) is 15.7. The van der Waals surface area contributed by atoms with Crippen LogP contribution in [0.3, 0.4) is 0 Å². The lowest BCUT2D eigenvalue weighted by molar-refractivity contribution is 0.120. The van der Waals surface area contributed by atoms with Crippen molar-refractivity contribution in [3.8, 4) is 0 Å². The third kappa shape index (κ3) is 3.82. The first-order valence-corrected chi connectivity index (χ1v) is 6.65. The highest BCUT2D eigenvalue weighted by molar-refractivity contribution is 6.36. The summed E-state index contributed by atoms with van der Waals surface area (Å²) in [5, 5.41) is 13.3. The van der Waals surface area contributed by atoms with Gasteiger partial charge in [-0.05, 0) is 25.0 Å². The van der Waals surface area contributed by atoms with Gasteiger partial charge in [0.15, 0.2) is 0 Å². The molecule has 0 radical (unpaired) electrons. The topological polar surface area (TPSA) is 32.3 Å².